The van der Waals surface area contributed by atoms with Crippen LogP contribution in [-0.2, 0) is 9.59 Å². The first-order valence-electron chi connectivity index (χ1n) is 9.31. The van der Waals surface area contributed by atoms with Crippen LogP contribution in [0.2, 0.25) is 0 Å². The number of nitriles is 1. The topological polar surface area (TPSA) is 86.5 Å². The lowest BCUT2D eigenvalue weighted by Crippen LogP contribution is -2.37. The fourth-order valence-electron chi connectivity index (χ4n) is 3.73. The highest BCUT2D eigenvalue weighted by atomic mass is 16.5. The molecule has 2 unspecified atom stereocenters. The number of ether oxygens (including phenoxy) is 1. The standard InChI is InChI=1S/C21H20N4O3/c22-12-15-6-8-23-19(10-15)28-18-7-9-24(14-18)21(27)16-11-20(26)25(13-16)17-4-2-1-3-5-17/h1-6,8,10,16,18H,7,9,11,13-14H2. The molecule has 0 N–H and O–H groups in total. The molecular weight excluding hydrogens is 356 g/mol. The maximum atomic E-state index is 12.9. The number of hydrogen-bond donors (Lipinski definition) is 0. The molecular formula is C21H20N4O3. The molecule has 0 spiro atoms. The van der Waals surface area contributed by atoms with Gasteiger partial charge in [-0.2, -0.15) is 5.26 Å². The van der Waals surface area contributed by atoms with Crippen LogP contribution in [0.5, 0.6) is 5.88 Å². The van der Waals surface area contributed by atoms with Crippen LogP contribution in [0, 0.1) is 17.2 Å². The molecule has 7 nitrogen and oxygen atoms in total. The van der Waals surface area contributed by atoms with Gasteiger partial charge in [-0.05, 0) is 18.2 Å². The highest BCUT2D eigenvalue weighted by Crippen LogP contribution is 2.27. The van der Waals surface area contributed by atoms with Gasteiger partial charge in [-0.15, -0.1) is 0 Å². The van der Waals surface area contributed by atoms with E-state index in [9.17, 15) is 9.59 Å². The van der Waals surface area contributed by atoms with E-state index >= 15 is 0 Å². The van der Waals surface area contributed by atoms with E-state index in [4.69, 9.17) is 10.00 Å². The fourth-order valence-corrected chi connectivity index (χ4v) is 3.73. The number of rotatable bonds is 4. The van der Waals surface area contributed by atoms with Crippen molar-refractivity contribution in [2.45, 2.75) is 18.9 Å². The minimum atomic E-state index is -0.327. The highest BCUT2D eigenvalue weighted by Gasteiger charge is 2.39. The summed E-state index contributed by atoms with van der Waals surface area (Å²) in [6, 6.07) is 14.7. The summed E-state index contributed by atoms with van der Waals surface area (Å²) in [5.41, 5.74) is 1.32. The van der Waals surface area contributed by atoms with Crippen molar-refractivity contribution < 1.29 is 14.3 Å². The molecule has 2 aliphatic rings. The van der Waals surface area contributed by atoms with Crippen LogP contribution in [0.4, 0.5) is 5.69 Å². The van der Waals surface area contributed by atoms with Gasteiger partial charge in [0.2, 0.25) is 17.7 Å². The maximum Gasteiger partial charge on any atom is 0.228 e. The number of benzene rings is 1. The predicted octanol–water partition coefficient (Wildman–Crippen LogP) is 1.99. The summed E-state index contributed by atoms with van der Waals surface area (Å²) in [6.45, 7) is 1.47. The lowest BCUT2D eigenvalue weighted by atomic mass is 10.1. The summed E-state index contributed by atoms with van der Waals surface area (Å²) in [6.07, 6.45) is 2.32. The van der Waals surface area contributed by atoms with Crippen LogP contribution in [-0.4, -0.2) is 47.4 Å². The normalized spacial score (nSPS) is 21.6. The van der Waals surface area contributed by atoms with Gasteiger partial charge in [-0.1, -0.05) is 18.2 Å². The van der Waals surface area contributed by atoms with Gasteiger partial charge in [-0.3, -0.25) is 9.59 Å². The first-order valence-corrected chi connectivity index (χ1v) is 9.31. The molecule has 1 aromatic carbocycles. The van der Waals surface area contributed by atoms with E-state index in [1.165, 1.54) is 6.20 Å². The molecule has 2 amide bonds. The molecule has 1 aromatic heterocycles. The summed E-state index contributed by atoms with van der Waals surface area (Å²) >= 11 is 0. The van der Waals surface area contributed by atoms with Crippen LogP contribution in [0.25, 0.3) is 0 Å². The van der Waals surface area contributed by atoms with E-state index in [2.05, 4.69) is 11.1 Å². The zero-order valence-electron chi connectivity index (χ0n) is 15.3. The van der Waals surface area contributed by atoms with E-state index < -0.39 is 0 Å². The second-order valence-electron chi connectivity index (χ2n) is 7.05. The Labute approximate surface area is 163 Å². The van der Waals surface area contributed by atoms with Crippen molar-refractivity contribution in [2.75, 3.05) is 24.5 Å². The predicted molar refractivity (Wildman–Crippen MR) is 101 cm³/mol. The van der Waals surface area contributed by atoms with Crippen LogP contribution in [0.3, 0.4) is 0 Å². The number of anilines is 1. The van der Waals surface area contributed by atoms with E-state index in [1.54, 1.807) is 21.9 Å². The Bertz CT molecular complexity index is 925. The van der Waals surface area contributed by atoms with Crippen LogP contribution in [0.15, 0.2) is 48.7 Å². The molecule has 28 heavy (non-hydrogen) atoms. The monoisotopic (exact) mass is 376 g/mol. The second-order valence-corrected chi connectivity index (χ2v) is 7.05. The van der Waals surface area contributed by atoms with Gasteiger partial charge >= 0.3 is 0 Å². The van der Waals surface area contributed by atoms with Gasteiger partial charge in [0, 0.05) is 43.9 Å². The molecule has 4 rings (SSSR count). The SMILES string of the molecule is N#Cc1ccnc(OC2CCN(C(=O)C3CC(=O)N(c4ccccc4)C3)C2)c1. The quantitative estimate of drug-likeness (QED) is 0.814. The molecule has 2 saturated heterocycles. The number of nitrogens with zero attached hydrogens (tertiary/aromatic N) is 4. The van der Waals surface area contributed by atoms with Crippen molar-refractivity contribution in [2.24, 2.45) is 5.92 Å². The van der Waals surface area contributed by atoms with Crippen molar-refractivity contribution in [3.8, 4) is 11.9 Å². The Morgan fingerprint density at radius 2 is 2.04 bits per heavy atom. The van der Waals surface area contributed by atoms with Gasteiger partial charge in [-0.25, -0.2) is 4.98 Å². The molecule has 2 atom stereocenters. The minimum Gasteiger partial charge on any atom is -0.472 e. The molecule has 0 aliphatic carbocycles. The first-order chi connectivity index (χ1) is 13.6. The summed E-state index contributed by atoms with van der Waals surface area (Å²) < 4.78 is 5.84. The molecule has 0 saturated carbocycles. The number of amides is 2. The van der Waals surface area contributed by atoms with Crippen LogP contribution >= 0.6 is 0 Å². The third-order valence-corrected chi connectivity index (χ3v) is 5.15. The summed E-state index contributed by atoms with van der Waals surface area (Å²) in [7, 11) is 0. The third-order valence-electron chi connectivity index (χ3n) is 5.15. The molecule has 2 aliphatic heterocycles. The molecule has 2 aromatic rings. The number of pyridine rings is 1. The summed E-state index contributed by atoms with van der Waals surface area (Å²) in [5.74, 6) is 0.0434. The average molecular weight is 376 g/mol. The largest absolute Gasteiger partial charge is 0.472 e. The maximum absolute atomic E-state index is 12.9. The van der Waals surface area contributed by atoms with Crippen molar-refractivity contribution in [1.29, 1.82) is 5.26 Å². The first kappa shape index (κ1) is 18.0. The number of likely N-dealkylation sites (tertiary alicyclic amines) is 1. The number of carbonyl (C=O) groups excluding carboxylic acids is 2. The molecule has 0 radical (unpaired) electrons. The van der Waals surface area contributed by atoms with Crippen molar-refractivity contribution >= 4 is 17.5 Å². The van der Waals surface area contributed by atoms with Crippen molar-refractivity contribution in [3.05, 3.63) is 54.2 Å². The number of carbonyl (C=O) groups is 2. The summed E-state index contributed by atoms with van der Waals surface area (Å²) in [4.78, 5) is 32.8. The van der Waals surface area contributed by atoms with Gasteiger partial charge in [0.25, 0.3) is 0 Å². The molecule has 2 fully saturated rings. The average Bonchev–Trinajstić information content (AvgIpc) is 3.35. The van der Waals surface area contributed by atoms with E-state index in [1.807, 2.05) is 30.3 Å². The van der Waals surface area contributed by atoms with Crippen LogP contribution in [0.1, 0.15) is 18.4 Å². The highest BCUT2D eigenvalue weighted by molar-refractivity contribution is 6.00. The zero-order chi connectivity index (χ0) is 19.5. The number of aromatic nitrogens is 1. The smallest absolute Gasteiger partial charge is 0.228 e. The Morgan fingerprint density at radius 1 is 1.21 bits per heavy atom. The Hall–Kier alpha value is -3.40. The fraction of sp³-hybridized carbons (Fsp3) is 0.333. The number of para-hydroxylation sites is 1. The molecule has 3 heterocycles. The van der Waals surface area contributed by atoms with Crippen LogP contribution < -0.4 is 9.64 Å². The Balaban J connectivity index is 1.36. The second kappa shape index (κ2) is 7.69. The summed E-state index contributed by atoms with van der Waals surface area (Å²) in [5, 5.41) is 8.97. The lowest BCUT2D eigenvalue weighted by Gasteiger charge is -2.21. The molecule has 7 heteroatoms. The van der Waals surface area contributed by atoms with E-state index in [0.29, 0.717) is 37.5 Å². The van der Waals surface area contributed by atoms with Crippen molar-refractivity contribution in [1.82, 2.24) is 9.88 Å². The lowest BCUT2D eigenvalue weighted by molar-refractivity contribution is -0.135. The van der Waals surface area contributed by atoms with Gasteiger partial charge in [0.05, 0.1) is 24.1 Å². The molecule has 0 bridgehead atoms. The van der Waals surface area contributed by atoms with E-state index in [-0.39, 0.29) is 30.3 Å². The Kier molecular flexibility index (Phi) is 4.94. The minimum absolute atomic E-state index is 0.00313. The third kappa shape index (κ3) is 3.67. The van der Waals surface area contributed by atoms with Gasteiger partial charge in [0.15, 0.2) is 0 Å². The van der Waals surface area contributed by atoms with Gasteiger partial charge in [0.1, 0.15) is 6.10 Å². The van der Waals surface area contributed by atoms with E-state index in [0.717, 1.165) is 5.69 Å². The zero-order valence-corrected chi connectivity index (χ0v) is 15.3. The van der Waals surface area contributed by atoms with Crippen molar-refractivity contribution in [3.63, 3.8) is 0 Å². The Morgan fingerprint density at radius 3 is 2.82 bits per heavy atom. The number of hydrogen-bond acceptors (Lipinski definition) is 5. The molecule has 142 valence electrons. The van der Waals surface area contributed by atoms with Gasteiger partial charge < -0.3 is 14.5 Å².